The van der Waals surface area contributed by atoms with Crippen molar-refractivity contribution in [2.75, 3.05) is 11.9 Å². The van der Waals surface area contributed by atoms with E-state index in [-0.39, 0.29) is 5.91 Å². The van der Waals surface area contributed by atoms with E-state index in [4.69, 9.17) is 0 Å². The normalized spacial score (nSPS) is 13.9. The van der Waals surface area contributed by atoms with Gasteiger partial charge in [-0.2, -0.15) is 0 Å². The molecule has 0 spiro atoms. The number of carbonyl (C=O) groups is 1. The lowest BCUT2D eigenvalue weighted by molar-refractivity contribution is 0.0958. The Balaban J connectivity index is 1.94. The fraction of sp³-hybridized carbons (Fsp3) is 0.545. The molecule has 2 rings (SSSR count). The van der Waals surface area contributed by atoms with E-state index in [1.165, 1.54) is 16.9 Å². The van der Waals surface area contributed by atoms with Crippen molar-refractivity contribution in [3.8, 4) is 0 Å². The van der Waals surface area contributed by atoms with Crippen LogP contribution in [0.15, 0.2) is 6.07 Å². The first-order valence-corrected chi connectivity index (χ1v) is 7.21. The Morgan fingerprint density at radius 3 is 3.13 bits per heavy atom. The molecule has 0 aromatic carbocycles. The maximum Gasteiger partial charge on any atom is 0.261 e. The number of alkyl halides is 1. The summed E-state index contributed by atoms with van der Waals surface area (Å²) in [7, 11) is 0. The van der Waals surface area contributed by atoms with Crippen molar-refractivity contribution in [3.63, 3.8) is 0 Å². The van der Waals surface area contributed by atoms with Gasteiger partial charge in [-0.1, -0.05) is 15.9 Å². The predicted molar refractivity (Wildman–Crippen MR) is 67.1 cm³/mol. The Morgan fingerprint density at radius 1 is 1.53 bits per heavy atom. The SMILES string of the molecule is O=C(NCCCBr)c1cc2c(s1)CCC2. The zero-order chi connectivity index (χ0) is 10.7. The number of thiophene rings is 1. The molecule has 0 saturated heterocycles. The number of fused-ring (bicyclic) bond motifs is 1. The molecule has 0 aliphatic heterocycles. The average Bonchev–Trinajstić information content (AvgIpc) is 2.76. The summed E-state index contributed by atoms with van der Waals surface area (Å²) in [4.78, 5) is 14.0. The fourth-order valence-electron chi connectivity index (χ4n) is 1.80. The van der Waals surface area contributed by atoms with Gasteiger partial charge < -0.3 is 5.32 Å². The van der Waals surface area contributed by atoms with Crippen LogP contribution in [0.3, 0.4) is 0 Å². The summed E-state index contributed by atoms with van der Waals surface area (Å²) in [6.07, 6.45) is 4.55. The number of aryl methyl sites for hydroxylation is 2. The van der Waals surface area contributed by atoms with Crippen molar-refractivity contribution < 1.29 is 4.79 Å². The molecule has 1 aromatic rings. The third-order valence-electron chi connectivity index (χ3n) is 2.57. The van der Waals surface area contributed by atoms with Gasteiger partial charge in [0.2, 0.25) is 0 Å². The number of halogens is 1. The first kappa shape index (κ1) is 11.1. The number of amides is 1. The second-order valence-electron chi connectivity index (χ2n) is 3.71. The molecule has 0 saturated carbocycles. The van der Waals surface area contributed by atoms with Crippen molar-refractivity contribution >= 4 is 33.2 Å². The molecule has 0 fully saturated rings. The smallest absolute Gasteiger partial charge is 0.261 e. The molecule has 0 atom stereocenters. The van der Waals surface area contributed by atoms with Crippen molar-refractivity contribution in [3.05, 3.63) is 21.4 Å². The summed E-state index contributed by atoms with van der Waals surface area (Å²) < 4.78 is 0. The van der Waals surface area contributed by atoms with Gasteiger partial charge in [0.15, 0.2) is 0 Å². The molecule has 1 heterocycles. The third kappa shape index (κ3) is 2.61. The number of nitrogens with one attached hydrogen (secondary N) is 1. The predicted octanol–water partition coefficient (Wildman–Crippen LogP) is 2.75. The highest BCUT2D eigenvalue weighted by molar-refractivity contribution is 9.09. The largest absolute Gasteiger partial charge is 0.351 e. The summed E-state index contributed by atoms with van der Waals surface area (Å²) in [5.41, 5.74) is 1.39. The second kappa shape index (κ2) is 5.12. The van der Waals surface area contributed by atoms with Crippen molar-refractivity contribution in [1.29, 1.82) is 0 Å². The molecule has 4 heteroatoms. The molecule has 1 aliphatic carbocycles. The summed E-state index contributed by atoms with van der Waals surface area (Å²) in [5.74, 6) is 0.0929. The van der Waals surface area contributed by atoms with Gasteiger partial charge in [0, 0.05) is 16.8 Å². The Kier molecular flexibility index (Phi) is 3.81. The molecular weight excluding hydrogens is 274 g/mol. The van der Waals surface area contributed by atoms with Crippen LogP contribution < -0.4 is 5.32 Å². The van der Waals surface area contributed by atoms with Gasteiger partial charge in [0.1, 0.15) is 0 Å². The Bertz CT molecular complexity index is 340. The van der Waals surface area contributed by atoms with Crippen LogP contribution in [0.1, 0.15) is 33.0 Å². The summed E-state index contributed by atoms with van der Waals surface area (Å²) in [6.45, 7) is 0.757. The molecule has 0 radical (unpaired) electrons. The van der Waals surface area contributed by atoms with Gasteiger partial charge in [-0.25, -0.2) is 0 Å². The van der Waals surface area contributed by atoms with Gasteiger partial charge in [-0.05, 0) is 37.3 Å². The van der Waals surface area contributed by atoms with Gasteiger partial charge in [-0.15, -0.1) is 11.3 Å². The van der Waals surface area contributed by atoms with Crippen molar-refractivity contribution in [2.24, 2.45) is 0 Å². The summed E-state index contributed by atoms with van der Waals surface area (Å²) in [6, 6.07) is 2.07. The minimum absolute atomic E-state index is 0.0929. The van der Waals surface area contributed by atoms with E-state index in [0.29, 0.717) is 0 Å². The molecule has 1 aliphatic rings. The van der Waals surface area contributed by atoms with E-state index < -0.39 is 0 Å². The second-order valence-corrected chi connectivity index (χ2v) is 5.64. The molecule has 15 heavy (non-hydrogen) atoms. The van der Waals surface area contributed by atoms with E-state index >= 15 is 0 Å². The molecular formula is C11H14BrNOS. The van der Waals surface area contributed by atoms with Gasteiger partial charge >= 0.3 is 0 Å². The molecule has 0 bridgehead atoms. The van der Waals surface area contributed by atoms with Crippen molar-refractivity contribution in [2.45, 2.75) is 25.7 Å². The van der Waals surface area contributed by atoms with E-state index in [9.17, 15) is 4.79 Å². The number of carbonyl (C=O) groups excluding carboxylic acids is 1. The summed E-state index contributed by atoms with van der Waals surface area (Å²) >= 11 is 5.01. The lowest BCUT2D eigenvalue weighted by Crippen LogP contribution is -2.23. The fourth-order valence-corrected chi connectivity index (χ4v) is 3.25. The Labute approximate surface area is 102 Å². The lowest BCUT2D eigenvalue weighted by atomic mass is 10.2. The zero-order valence-electron chi connectivity index (χ0n) is 8.51. The highest BCUT2D eigenvalue weighted by Crippen LogP contribution is 2.30. The summed E-state index contributed by atoms with van der Waals surface area (Å²) in [5, 5.41) is 3.87. The van der Waals surface area contributed by atoms with Crippen LogP contribution in [0.2, 0.25) is 0 Å². The minimum atomic E-state index is 0.0929. The van der Waals surface area contributed by atoms with E-state index in [0.717, 1.165) is 36.0 Å². The molecule has 1 amide bonds. The first-order chi connectivity index (χ1) is 7.31. The molecule has 82 valence electrons. The maximum absolute atomic E-state index is 11.7. The number of hydrogen-bond acceptors (Lipinski definition) is 2. The quantitative estimate of drug-likeness (QED) is 0.670. The highest BCUT2D eigenvalue weighted by Gasteiger charge is 2.17. The first-order valence-electron chi connectivity index (χ1n) is 5.27. The zero-order valence-corrected chi connectivity index (χ0v) is 10.9. The van der Waals surface area contributed by atoms with Crippen molar-refractivity contribution in [1.82, 2.24) is 5.32 Å². The topological polar surface area (TPSA) is 29.1 Å². The van der Waals surface area contributed by atoms with E-state index in [1.807, 2.05) is 0 Å². The van der Waals surface area contributed by atoms with Crippen LogP contribution in [-0.2, 0) is 12.8 Å². The number of hydrogen-bond donors (Lipinski definition) is 1. The molecule has 2 nitrogen and oxygen atoms in total. The van der Waals surface area contributed by atoms with Crippen LogP contribution in [0.5, 0.6) is 0 Å². The van der Waals surface area contributed by atoms with Gasteiger partial charge in [-0.3, -0.25) is 4.79 Å². The van der Waals surface area contributed by atoms with Crippen LogP contribution >= 0.6 is 27.3 Å². The van der Waals surface area contributed by atoms with Crippen LogP contribution in [0, 0.1) is 0 Å². The standard InChI is InChI=1S/C11H14BrNOS/c12-5-2-6-13-11(14)10-7-8-3-1-4-9(8)15-10/h7H,1-6H2,(H,13,14). The minimum Gasteiger partial charge on any atom is -0.351 e. The third-order valence-corrected chi connectivity index (χ3v) is 4.36. The highest BCUT2D eigenvalue weighted by atomic mass is 79.9. The van der Waals surface area contributed by atoms with Crippen LogP contribution in [0.4, 0.5) is 0 Å². The molecule has 1 aromatic heterocycles. The van der Waals surface area contributed by atoms with E-state index in [1.54, 1.807) is 11.3 Å². The van der Waals surface area contributed by atoms with Crippen LogP contribution in [-0.4, -0.2) is 17.8 Å². The Morgan fingerprint density at radius 2 is 2.40 bits per heavy atom. The number of rotatable bonds is 4. The maximum atomic E-state index is 11.7. The molecule has 1 N–H and O–H groups in total. The average molecular weight is 288 g/mol. The Hall–Kier alpha value is -0.350. The lowest BCUT2D eigenvalue weighted by Gasteiger charge is -2.00. The van der Waals surface area contributed by atoms with Gasteiger partial charge in [0.25, 0.3) is 5.91 Å². The monoisotopic (exact) mass is 287 g/mol. The van der Waals surface area contributed by atoms with Crippen LogP contribution in [0.25, 0.3) is 0 Å². The molecule has 0 unspecified atom stereocenters. The van der Waals surface area contributed by atoms with E-state index in [2.05, 4.69) is 27.3 Å². The van der Waals surface area contributed by atoms with Gasteiger partial charge in [0.05, 0.1) is 4.88 Å².